The van der Waals surface area contributed by atoms with Crippen LogP contribution in [-0.4, -0.2) is 16.4 Å². The molecule has 0 aliphatic rings. The maximum atomic E-state index is 13.6. The molecular formula is C15H14FN3OS. The summed E-state index contributed by atoms with van der Waals surface area (Å²) in [7, 11) is 0. The molecule has 6 heteroatoms. The van der Waals surface area contributed by atoms with Crippen LogP contribution in [0, 0.1) is 12.7 Å². The Kier molecular flexibility index (Phi) is 4.49. The van der Waals surface area contributed by atoms with Crippen LogP contribution in [0.3, 0.4) is 0 Å². The molecule has 2 rings (SSSR count). The summed E-state index contributed by atoms with van der Waals surface area (Å²) in [5.74, 6) is -0.217. The normalized spacial score (nSPS) is 10.8. The second kappa shape index (κ2) is 6.32. The molecule has 0 spiro atoms. The van der Waals surface area contributed by atoms with E-state index in [9.17, 15) is 9.50 Å². The summed E-state index contributed by atoms with van der Waals surface area (Å²) in [6.45, 7) is 1.70. The van der Waals surface area contributed by atoms with Gasteiger partial charge >= 0.3 is 0 Å². The first-order valence-corrected chi connectivity index (χ1v) is 6.56. The third kappa shape index (κ3) is 3.76. The predicted octanol–water partition coefficient (Wildman–Crippen LogP) is 2.67. The maximum absolute atomic E-state index is 13.6. The number of aromatic hydroxyl groups is 1. The number of rotatable bonds is 3. The lowest BCUT2D eigenvalue weighted by Crippen LogP contribution is -2.23. The predicted molar refractivity (Wildman–Crippen MR) is 85.8 cm³/mol. The van der Waals surface area contributed by atoms with Gasteiger partial charge in [-0.15, -0.1) is 0 Å². The van der Waals surface area contributed by atoms with Crippen molar-refractivity contribution in [1.82, 2.24) is 5.43 Å². The van der Waals surface area contributed by atoms with Gasteiger partial charge in [-0.2, -0.15) is 5.10 Å². The molecular weight excluding hydrogens is 289 g/mol. The lowest BCUT2D eigenvalue weighted by atomic mass is 10.0. The number of nitrogens with two attached hydrogens (primary N) is 1. The van der Waals surface area contributed by atoms with Gasteiger partial charge in [0.15, 0.2) is 5.11 Å². The lowest BCUT2D eigenvalue weighted by Gasteiger charge is -2.06. The van der Waals surface area contributed by atoms with Crippen LogP contribution in [0.25, 0.3) is 11.1 Å². The van der Waals surface area contributed by atoms with Crippen LogP contribution < -0.4 is 11.2 Å². The van der Waals surface area contributed by atoms with Gasteiger partial charge in [-0.3, -0.25) is 5.43 Å². The average Bonchev–Trinajstić information content (AvgIpc) is 2.43. The van der Waals surface area contributed by atoms with Gasteiger partial charge in [0.05, 0.1) is 6.21 Å². The molecule has 0 aromatic heterocycles. The molecule has 108 valence electrons. The van der Waals surface area contributed by atoms with E-state index in [1.165, 1.54) is 18.3 Å². The minimum Gasteiger partial charge on any atom is -0.507 e. The fourth-order valence-corrected chi connectivity index (χ4v) is 1.83. The Morgan fingerprint density at radius 1 is 1.29 bits per heavy atom. The van der Waals surface area contributed by atoms with Crippen LogP contribution in [0.4, 0.5) is 4.39 Å². The Balaban J connectivity index is 2.35. The quantitative estimate of drug-likeness (QED) is 0.463. The number of hydrazone groups is 1. The topological polar surface area (TPSA) is 70.6 Å². The highest BCUT2D eigenvalue weighted by Gasteiger charge is 2.05. The number of benzene rings is 2. The second-order valence-corrected chi connectivity index (χ2v) is 4.91. The van der Waals surface area contributed by atoms with E-state index in [2.05, 4.69) is 22.7 Å². The molecule has 2 aromatic rings. The van der Waals surface area contributed by atoms with E-state index >= 15 is 0 Å². The van der Waals surface area contributed by atoms with Gasteiger partial charge in [0, 0.05) is 5.56 Å². The highest BCUT2D eigenvalue weighted by Crippen LogP contribution is 2.26. The molecule has 0 bridgehead atoms. The SMILES string of the molecule is Cc1ccc(-c2ccc(O)c(/C=N/NC(N)=S)c2)cc1F. The number of hydrogen-bond acceptors (Lipinski definition) is 3. The van der Waals surface area contributed by atoms with E-state index in [1.54, 1.807) is 25.1 Å². The summed E-state index contributed by atoms with van der Waals surface area (Å²) < 4.78 is 13.6. The molecule has 0 heterocycles. The fraction of sp³-hybridized carbons (Fsp3) is 0.0667. The molecule has 0 radical (unpaired) electrons. The van der Waals surface area contributed by atoms with Crippen LogP contribution >= 0.6 is 12.2 Å². The molecule has 0 saturated heterocycles. The zero-order valence-electron chi connectivity index (χ0n) is 11.3. The van der Waals surface area contributed by atoms with Gasteiger partial charge in [-0.05, 0) is 54.0 Å². The summed E-state index contributed by atoms with van der Waals surface area (Å²) in [6, 6.07) is 9.91. The number of nitrogens with zero attached hydrogens (tertiary/aromatic N) is 1. The number of nitrogens with one attached hydrogen (secondary N) is 1. The summed E-state index contributed by atoms with van der Waals surface area (Å²) in [4.78, 5) is 0. The van der Waals surface area contributed by atoms with E-state index in [4.69, 9.17) is 5.73 Å². The number of thiocarbonyl (C=S) groups is 1. The highest BCUT2D eigenvalue weighted by molar-refractivity contribution is 7.80. The summed E-state index contributed by atoms with van der Waals surface area (Å²) in [6.07, 6.45) is 1.39. The summed E-state index contributed by atoms with van der Waals surface area (Å²) in [5, 5.41) is 13.6. The molecule has 0 saturated carbocycles. The van der Waals surface area contributed by atoms with Crippen molar-refractivity contribution in [3.8, 4) is 16.9 Å². The summed E-state index contributed by atoms with van der Waals surface area (Å²) in [5.41, 5.74) is 10.2. The van der Waals surface area contributed by atoms with Crippen molar-refractivity contribution in [2.24, 2.45) is 10.8 Å². The molecule has 4 nitrogen and oxygen atoms in total. The molecule has 0 unspecified atom stereocenters. The smallest absolute Gasteiger partial charge is 0.184 e. The lowest BCUT2D eigenvalue weighted by molar-refractivity contribution is 0.474. The van der Waals surface area contributed by atoms with Crippen LogP contribution in [0.1, 0.15) is 11.1 Å². The van der Waals surface area contributed by atoms with Crippen LogP contribution in [0.5, 0.6) is 5.75 Å². The van der Waals surface area contributed by atoms with Gasteiger partial charge in [0.1, 0.15) is 11.6 Å². The van der Waals surface area contributed by atoms with Crippen molar-refractivity contribution in [2.75, 3.05) is 0 Å². The molecule has 0 aliphatic carbocycles. The third-order valence-corrected chi connectivity index (χ3v) is 3.00. The third-order valence-electron chi connectivity index (χ3n) is 2.91. The number of phenolic OH excluding ortho intramolecular Hbond substituents is 1. The second-order valence-electron chi connectivity index (χ2n) is 4.47. The van der Waals surface area contributed by atoms with Gasteiger partial charge in [-0.1, -0.05) is 18.2 Å². The van der Waals surface area contributed by atoms with Gasteiger partial charge in [0.25, 0.3) is 0 Å². The van der Waals surface area contributed by atoms with E-state index in [0.717, 1.165) is 11.1 Å². The van der Waals surface area contributed by atoms with E-state index < -0.39 is 0 Å². The standard InChI is InChI=1S/C15H14FN3OS/c1-9-2-3-11(7-13(9)16)10-4-5-14(20)12(6-10)8-18-19-15(17)21/h2-8,20H,1H3,(H3,17,19,21)/b18-8+. The number of hydrogen-bond donors (Lipinski definition) is 3. The summed E-state index contributed by atoms with van der Waals surface area (Å²) >= 11 is 4.62. The minimum atomic E-state index is -0.272. The van der Waals surface area contributed by atoms with E-state index in [-0.39, 0.29) is 16.7 Å². The zero-order valence-corrected chi connectivity index (χ0v) is 12.1. The van der Waals surface area contributed by atoms with Gasteiger partial charge < -0.3 is 10.8 Å². The maximum Gasteiger partial charge on any atom is 0.184 e. The number of halogens is 1. The number of phenols is 1. The van der Waals surface area contributed by atoms with Crippen molar-refractivity contribution in [3.63, 3.8) is 0 Å². The molecule has 0 atom stereocenters. The first-order valence-electron chi connectivity index (χ1n) is 6.15. The first-order chi connectivity index (χ1) is 9.97. The monoisotopic (exact) mass is 303 g/mol. The average molecular weight is 303 g/mol. The molecule has 4 N–H and O–H groups in total. The van der Waals surface area contributed by atoms with Crippen molar-refractivity contribution >= 4 is 23.5 Å². The van der Waals surface area contributed by atoms with Crippen molar-refractivity contribution in [1.29, 1.82) is 0 Å². The molecule has 21 heavy (non-hydrogen) atoms. The molecule has 0 aliphatic heterocycles. The molecule has 0 fully saturated rings. The Morgan fingerprint density at radius 3 is 2.62 bits per heavy atom. The van der Waals surface area contributed by atoms with Crippen molar-refractivity contribution in [3.05, 3.63) is 53.3 Å². The number of aryl methyl sites for hydroxylation is 1. The van der Waals surface area contributed by atoms with Crippen molar-refractivity contribution < 1.29 is 9.50 Å². The molecule has 2 aromatic carbocycles. The van der Waals surface area contributed by atoms with Crippen LogP contribution in [-0.2, 0) is 0 Å². The Labute approximate surface area is 127 Å². The largest absolute Gasteiger partial charge is 0.507 e. The fourth-order valence-electron chi connectivity index (χ4n) is 1.78. The van der Waals surface area contributed by atoms with Crippen LogP contribution in [0.2, 0.25) is 0 Å². The van der Waals surface area contributed by atoms with Crippen molar-refractivity contribution in [2.45, 2.75) is 6.92 Å². The Hall–Kier alpha value is -2.47. The Bertz CT molecular complexity index is 716. The van der Waals surface area contributed by atoms with Crippen LogP contribution in [0.15, 0.2) is 41.5 Å². The van der Waals surface area contributed by atoms with Gasteiger partial charge in [0.2, 0.25) is 0 Å². The van der Waals surface area contributed by atoms with E-state index in [0.29, 0.717) is 11.1 Å². The Morgan fingerprint density at radius 2 is 1.95 bits per heavy atom. The molecule has 0 amide bonds. The zero-order chi connectivity index (χ0) is 15.4. The van der Waals surface area contributed by atoms with E-state index in [1.807, 2.05) is 6.07 Å². The van der Waals surface area contributed by atoms with Gasteiger partial charge in [-0.25, -0.2) is 4.39 Å². The first kappa shape index (κ1) is 14.9. The minimum absolute atomic E-state index is 0.0301. The highest BCUT2D eigenvalue weighted by atomic mass is 32.1.